The maximum Gasteiger partial charge on any atom is 0.416 e. The first kappa shape index (κ1) is 19.2. The van der Waals surface area contributed by atoms with Gasteiger partial charge in [0.25, 0.3) is 0 Å². The van der Waals surface area contributed by atoms with Crippen LogP contribution in [0.15, 0.2) is 24.3 Å². The van der Waals surface area contributed by atoms with E-state index in [0.717, 1.165) is 38.5 Å². The van der Waals surface area contributed by atoms with E-state index in [2.05, 4.69) is 9.80 Å². The first-order valence-electron chi connectivity index (χ1n) is 9.05. The van der Waals surface area contributed by atoms with Crippen molar-refractivity contribution in [2.24, 2.45) is 5.92 Å². The third kappa shape index (κ3) is 4.57. The van der Waals surface area contributed by atoms with E-state index in [4.69, 9.17) is 0 Å². The van der Waals surface area contributed by atoms with Crippen LogP contribution in [-0.4, -0.2) is 66.9 Å². The maximum atomic E-state index is 12.9. The van der Waals surface area contributed by atoms with Crippen molar-refractivity contribution >= 4 is 5.91 Å². The maximum absolute atomic E-state index is 12.9. The van der Waals surface area contributed by atoms with Crippen LogP contribution in [0.25, 0.3) is 0 Å². The Kier molecular flexibility index (Phi) is 5.58. The van der Waals surface area contributed by atoms with Gasteiger partial charge < -0.3 is 4.90 Å². The van der Waals surface area contributed by atoms with E-state index in [1.165, 1.54) is 12.1 Å². The van der Waals surface area contributed by atoms with Crippen LogP contribution in [0.1, 0.15) is 24.0 Å². The van der Waals surface area contributed by atoms with Crippen LogP contribution in [0.4, 0.5) is 13.2 Å². The SMILES string of the molecule is CN(C)C(=O)CN1C[C@@H]2CC[C@H](C1)N(Cc1cccc(C(F)(F)F)c1)C2. The van der Waals surface area contributed by atoms with Crippen molar-refractivity contribution in [1.29, 1.82) is 0 Å². The summed E-state index contributed by atoms with van der Waals surface area (Å²) in [6.07, 6.45) is -2.15. The van der Waals surface area contributed by atoms with Gasteiger partial charge in [-0.1, -0.05) is 18.2 Å². The molecule has 2 atom stereocenters. The number of carbonyl (C=O) groups is 1. The second-order valence-corrected chi connectivity index (χ2v) is 7.71. The topological polar surface area (TPSA) is 26.8 Å². The number of rotatable bonds is 4. The van der Waals surface area contributed by atoms with Gasteiger partial charge in [-0.2, -0.15) is 13.2 Å². The molecule has 0 aliphatic carbocycles. The monoisotopic (exact) mass is 369 g/mol. The fourth-order valence-corrected chi connectivity index (χ4v) is 4.01. The van der Waals surface area contributed by atoms with Crippen LogP contribution in [0.3, 0.4) is 0 Å². The van der Waals surface area contributed by atoms with E-state index < -0.39 is 11.7 Å². The number of piperidine rings is 1. The van der Waals surface area contributed by atoms with E-state index in [-0.39, 0.29) is 5.91 Å². The summed E-state index contributed by atoms with van der Waals surface area (Å²) in [5.74, 6) is 0.560. The van der Waals surface area contributed by atoms with E-state index in [1.54, 1.807) is 25.1 Å². The van der Waals surface area contributed by atoms with Gasteiger partial charge in [0.2, 0.25) is 5.91 Å². The van der Waals surface area contributed by atoms with Crippen LogP contribution in [0, 0.1) is 5.92 Å². The minimum absolute atomic E-state index is 0.0933. The number of benzene rings is 1. The number of hydrogen-bond donors (Lipinski definition) is 0. The molecule has 3 aliphatic rings. The quantitative estimate of drug-likeness (QED) is 0.817. The molecule has 4 nitrogen and oxygen atoms in total. The molecular weight excluding hydrogens is 343 g/mol. The Morgan fingerprint density at radius 2 is 1.96 bits per heavy atom. The average molecular weight is 369 g/mol. The summed E-state index contributed by atoms with van der Waals surface area (Å²) in [5.41, 5.74) is 0.108. The molecule has 1 aromatic carbocycles. The van der Waals surface area contributed by atoms with Gasteiger partial charge in [-0.05, 0) is 30.4 Å². The first-order valence-corrected chi connectivity index (χ1v) is 9.05. The number of hydrogen-bond acceptors (Lipinski definition) is 3. The van der Waals surface area contributed by atoms with Crippen molar-refractivity contribution < 1.29 is 18.0 Å². The Hall–Kier alpha value is -1.60. The molecule has 1 aromatic rings. The van der Waals surface area contributed by atoms with Crippen LogP contribution >= 0.6 is 0 Å². The molecule has 0 spiro atoms. The Morgan fingerprint density at radius 3 is 2.65 bits per heavy atom. The second-order valence-electron chi connectivity index (χ2n) is 7.71. The third-order valence-corrected chi connectivity index (χ3v) is 5.40. The Morgan fingerprint density at radius 1 is 1.19 bits per heavy atom. The molecule has 144 valence electrons. The number of likely N-dealkylation sites (N-methyl/N-ethyl adjacent to an activating group) is 1. The van der Waals surface area contributed by atoms with Crippen molar-refractivity contribution in [2.45, 2.75) is 31.6 Å². The molecule has 1 amide bonds. The fourth-order valence-electron chi connectivity index (χ4n) is 4.01. The highest BCUT2D eigenvalue weighted by molar-refractivity contribution is 5.77. The molecule has 3 saturated heterocycles. The zero-order valence-corrected chi connectivity index (χ0v) is 15.3. The molecule has 0 radical (unpaired) electrons. The van der Waals surface area contributed by atoms with E-state index in [9.17, 15) is 18.0 Å². The Balaban J connectivity index is 1.68. The van der Waals surface area contributed by atoms with Crippen molar-refractivity contribution in [3.63, 3.8) is 0 Å². The molecule has 0 aromatic heterocycles. The summed E-state index contributed by atoms with van der Waals surface area (Å²) in [5, 5.41) is 0. The van der Waals surface area contributed by atoms with Crippen LogP contribution in [0.2, 0.25) is 0 Å². The molecule has 2 bridgehead atoms. The number of nitrogens with zero attached hydrogens (tertiary/aromatic N) is 3. The molecule has 0 N–H and O–H groups in total. The lowest BCUT2D eigenvalue weighted by molar-refractivity contribution is -0.137. The zero-order valence-electron chi connectivity index (χ0n) is 15.3. The number of halogens is 3. The molecule has 4 rings (SSSR count). The van der Waals surface area contributed by atoms with Gasteiger partial charge in [0.05, 0.1) is 12.1 Å². The number of alkyl halides is 3. The van der Waals surface area contributed by atoms with Gasteiger partial charge in [-0.15, -0.1) is 0 Å². The van der Waals surface area contributed by atoms with Gasteiger partial charge >= 0.3 is 6.18 Å². The van der Waals surface area contributed by atoms with Crippen molar-refractivity contribution in [3.05, 3.63) is 35.4 Å². The summed E-state index contributed by atoms with van der Waals surface area (Å²) < 4.78 is 38.8. The predicted octanol–water partition coefficient (Wildman–Crippen LogP) is 2.69. The Bertz CT molecular complexity index is 647. The highest BCUT2D eigenvalue weighted by Crippen LogP contribution is 2.32. The van der Waals surface area contributed by atoms with Crippen LogP contribution in [0.5, 0.6) is 0 Å². The van der Waals surface area contributed by atoms with Crippen molar-refractivity contribution in [3.8, 4) is 0 Å². The number of fused-ring (bicyclic) bond motifs is 4. The highest BCUT2D eigenvalue weighted by atomic mass is 19.4. The van der Waals surface area contributed by atoms with E-state index >= 15 is 0 Å². The van der Waals surface area contributed by atoms with Gasteiger partial charge in [0, 0.05) is 46.3 Å². The van der Waals surface area contributed by atoms with Crippen molar-refractivity contribution in [1.82, 2.24) is 14.7 Å². The number of amides is 1. The van der Waals surface area contributed by atoms with E-state index in [1.807, 2.05) is 0 Å². The Labute approximate surface area is 152 Å². The summed E-state index contributed by atoms with van der Waals surface area (Å²) in [7, 11) is 3.52. The zero-order chi connectivity index (χ0) is 18.9. The van der Waals surface area contributed by atoms with Gasteiger partial charge in [-0.25, -0.2) is 0 Å². The van der Waals surface area contributed by atoms with Gasteiger partial charge in [0.1, 0.15) is 0 Å². The molecule has 7 heteroatoms. The van der Waals surface area contributed by atoms with E-state index in [0.29, 0.717) is 30.6 Å². The highest BCUT2D eigenvalue weighted by Gasteiger charge is 2.36. The average Bonchev–Trinajstić information content (AvgIpc) is 2.84. The smallest absolute Gasteiger partial charge is 0.348 e. The van der Waals surface area contributed by atoms with Crippen molar-refractivity contribution in [2.75, 3.05) is 40.3 Å². The fraction of sp³-hybridized carbons (Fsp3) is 0.632. The minimum Gasteiger partial charge on any atom is -0.348 e. The van der Waals surface area contributed by atoms with Crippen LogP contribution in [-0.2, 0) is 17.5 Å². The minimum atomic E-state index is -4.31. The lowest BCUT2D eigenvalue weighted by atomic mass is 9.94. The lowest BCUT2D eigenvalue weighted by Gasteiger charge is -2.36. The number of carbonyl (C=O) groups excluding carboxylic acids is 1. The molecule has 0 unspecified atom stereocenters. The van der Waals surface area contributed by atoms with Gasteiger partial charge in [-0.3, -0.25) is 14.6 Å². The summed E-state index contributed by atoms with van der Waals surface area (Å²) in [6.45, 7) is 3.51. The van der Waals surface area contributed by atoms with Gasteiger partial charge in [0.15, 0.2) is 0 Å². The standard InChI is InChI=1S/C19H26F3N3O/c1-23(2)18(26)13-24-9-15-6-7-17(12-24)25(11-15)10-14-4-3-5-16(8-14)19(20,21)22/h3-5,8,15,17H,6-7,9-13H2,1-2H3/t15-,17+/m0/s1. The summed E-state index contributed by atoms with van der Waals surface area (Å²) in [6, 6.07) is 5.91. The molecule has 3 aliphatic heterocycles. The largest absolute Gasteiger partial charge is 0.416 e. The molecule has 3 heterocycles. The predicted molar refractivity (Wildman–Crippen MR) is 93.5 cm³/mol. The third-order valence-electron chi connectivity index (χ3n) is 5.40. The van der Waals surface area contributed by atoms with Crippen LogP contribution < -0.4 is 0 Å². The summed E-state index contributed by atoms with van der Waals surface area (Å²) in [4.78, 5) is 18.1. The molecular formula is C19H26F3N3O. The normalized spacial score (nSPS) is 24.5. The molecule has 0 saturated carbocycles. The lowest BCUT2D eigenvalue weighted by Crippen LogP contribution is -2.44. The second kappa shape index (κ2) is 7.56. The molecule has 26 heavy (non-hydrogen) atoms. The summed E-state index contributed by atoms with van der Waals surface area (Å²) >= 11 is 0. The first-order chi connectivity index (χ1) is 12.2. The molecule has 3 fully saturated rings.